The molecule has 0 bridgehead atoms. The van der Waals surface area contributed by atoms with Crippen molar-refractivity contribution in [2.45, 2.75) is 33.1 Å². The SMILES string of the molecule is C=CCC1C(C)C2C(C)CCC12. The van der Waals surface area contributed by atoms with Crippen LogP contribution in [0.2, 0.25) is 0 Å². The maximum Gasteiger partial charge on any atom is -0.0319 e. The molecule has 0 nitrogen and oxygen atoms in total. The Labute approximate surface area is 76.1 Å². The van der Waals surface area contributed by atoms with E-state index >= 15 is 0 Å². The Morgan fingerprint density at radius 2 is 2.08 bits per heavy atom. The summed E-state index contributed by atoms with van der Waals surface area (Å²) in [5.74, 6) is 5.09. The van der Waals surface area contributed by atoms with E-state index in [1.54, 1.807) is 0 Å². The Hall–Kier alpha value is -0.260. The summed E-state index contributed by atoms with van der Waals surface area (Å²) in [5.41, 5.74) is 0. The number of hydrogen-bond donors (Lipinski definition) is 0. The summed E-state index contributed by atoms with van der Waals surface area (Å²) in [4.78, 5) is 0. The average molecular weight is 164 g/mol. The van der Waals surface area contributed by atoms with Crippen LogP contribution in [0.4, 0.5) is 0 Å². The lowest BCUT2D eigenvalue weighted by Crippen LogP contribution is -2.43. The van der Waals surface area contributed by atoms with Crippen LogP contribution in [0.15, 0.2) is 12.7 Å². The summed E-state index contributed by atoms with van der Waals surface area (Å²) in [7, 11) is 0. The van der Waals surface area contributed by atoms with Gasteiger partial charge >= 0.3 is 0 Å². The van der Waals surface area contributed by atoms with E-state index in [-0.39, 0.29) is 0 Å². The van der Waals surface area contributed by atoms with Crippen molar-refractivity contribution in [3.8, 4) is 0 Å². The number of rotatable bonds is 2. The molecule has 0 aromatic rings. The molecule has 2 aliphatic rings. The smallest absolute Gasteiger partial charge is 0.0319 e. The Kier molecular flexibility index (Phi) is 2.02. The molecule has 5 atom stereocenters. The lowest BCUT2D eigenvalue weighted by molar-refractivity contribution is -0.00294. The van der Waals surface area contributed by atoms with Crippen molar-refractivity contribution in [1.82, 2.24) is 0 Å². The van der Waals surface area contributed by atoms with Gasteiger partial charge in [-0.2, -0.15) is 0 Å². The Bertz CT molecular complexity index is 182. The van der Waals surface area contributed by atoms with Gasteiger partial charge in [0.1, 0.15) is 0 Å². The third-order valence-corrected chi connectivity index (χ3v) is 4.38. The molecule has 0 heteroatoms. The van der Waals surface area contributed by atoms with E-state index in [1.165, 1.54) is 19.3 Å². The first kappa shape index (κ1) is 8.34. The van der Waals surface area contributed by atoms with E-state index in [2.05, 4.69) is 26.5 Å². The van der Waals surface area contributed by atoms with Gasteiger partial charge in [0.2, 0.25) is 0 Å². The molecular formula is C12H20. The van der Waals surface area contributed by atoms with Gasteiger partial charge in [0.05, 0.1) is 0 Å². The van der Waals surface area contributed by atoms with Crippen molar-refractivity contribution in [2.24, 2.45) is 29.6 Å². The summed E-state index contributed by atoms with van der Waals surface area (Å²) in [6.45, 7) is 8.73. The molecule has 5 unspecified atom stereocenters. The van der Waals surface area contributed by atoms with E-state index in [0.717, 1.165) is 29.6 Å². The third kappa shape index (κ3) is 0.967. The van der Waals surface area contributed by atoms with Crippen LogP contribution < -0.4 is 0 Å². The highest BCUT2D eigenvalue weighted by Crippen LogP contribution is 2.58. The zero-order chi connectivity index (χ0) is 8.72. The molecule has 0 radical (unpaired) electrons. The summed E-state index contributed by atoms with van der Waals surface area (Å²) < 4.78 is 0. The van der Waals surface area contributed by atoms with Gasteiger partial charge in [-0.05, 0) is 42.4 Å². The van der Waals surface area contributed by atoms with Crippen molar-refractivity contribution >= 4 is 0 Å². The summed E-state index contributed by atoms with van der Waals surface area (Å²) in [6.07, 6.45) is 6.34. The molecule has 0 aromatic carbocycles. The second-order valence-electron chi connectivity index (χ2n) is 4.84. The average Bonchev–Trinajstić information content (AvgIpc) is 2.39. The fraction of sp³-hybridized carbons (Fsp3) is 0.833. The van der Waals surface area contributed by atoms with Gasteiger partial charge in [-0.1, -0.05) is 26.3 Å². The fourth-order valence-corrected chi connectivity index (χ4v) is 3.78. The molecule has 2 saturated carbocycles. The summed E-state index contributed by atoms with van der Waals surface area (Å²) in [6, 6.07) is 0. The molecule has 2 fully saturated rings. The molecule has 68 valence electrons. The highest BCUT2D eigenvalue weighted by atomic mass is 14.6. The van der Waals surface area contributed by atoms with E-state index in [4.69, 9.17) is 0 Å². The maximum absolute atomic E-state index is 3.85. The van der Waals surface area contributed by atoms with E-state index in [0.29, 0.717) is 0 Å². The lowest BCUT2D eigenvalue weighted by Gasteiger charge is -2.49. The molecule has 0 aromatic heterocycles. The molecule has 0 saturated heterocycles. The predicted octanol–water partition coefficient (Wildman–Crippen LogP) is 3.49. The van der Waals surface area contributed by atoms with Gasteiger partial charge in [-0.25, -0.2) is 0 Å². The van der Waals surface area contributed by atoms with Crippen molar-refractivity contribution in [3.05, 3.63) is 12.7 Å². The third-order valence-electron chi connectivity index (χ3n) is 4.38. The standard InChI is InChI=1S/C12H20/c1-4-5-10-9(3)12-8(2)6-7-11(10)12/h4,8-12H,1,5-7H2,2-3H3. The van der Waals surface area contributed by atoms with E-state index in [1.807, 2.05) is 0 Å². The minimum Gasteiger partial charge on any atom is -0.103 e. The molecule has 0 spiro atoms. The van der Waals surface area contributed by atoms with Gasteiger partial charge in [0.15, 0.2) is 0 Å². The largest absolute Gasteiger partial charge is 0.103 e. The maximum atomic E-state index is 3.85. The lowest BCUT2D eigenvalue weighted by atomic mass is 9.56. The number of allylic oxidation sites excluding steroid dienone is 1. The predicted molar refractivity (Wildman–Crippen MR) is 52.8 cm³/mol. The van der Waals surface area contributed by atoms with Crippen LogP contribution in [-0.4, -0.2) is 0 Å². The van der Waals surface area contributed by atoms with Crippen LogP contribution in [-0.2, 0) is 0 Å². The minimum absolute atomic E-state index is 0.977. The molecular weight excluding hydrogens is 144 g/mol. The first-order chi connectivity index (χ1) is 5.75. The highest BCUT2D eigenvalue weighted by molar-refractivity contribution is 5.02. The second-order valence-corrected chi connectivity index (χ2v) is 4.84. The molecule has 2 aliphatic carbocycles. The molecule has 2 rings (SSSR count). The van der Waals surface area contributed by atoms with Crippen LogP contribution in [0.5, 0.6) is 0 Å². The fourth-order valence-electron chi connectivity index (χ4n) is 3.78. The van der Waals surface area contributed by atoms with E-state index < -0.39 is 0 Å². The molecule has 0 N–H and O–H groups in total. The van der Waals surface area contributed by atoms with Crippen molar-refractivity contribution in [3.63, 3.8) is 0 Å². The number of fused-ring (bicyclic) bond motifs is 1. The van der Waals surface area contributed by atoms with Gasteiger partial charge in [0.25, 0.3) is 0 Å². The molecule has 0 aliphatic heterocycles. The van der Waals surface area contributed by atoms with Crippen molar-refractivity contribution in [2.75, 3.05) is 0 Å². The van der Waals surface area contributed by atoms with Gasteiger partial charge in [0, 0.05) is 0 Å². The zero-order valence-corrected chi connectivity index (χ0v) is 8.29. The van der Waals surface area contributed by atoms with E-state index in [9.17, 15) is 0 Å². The Balaban J connectivity index is 2.01. The topological polar surface area (TPSA) is 0 Å². The Morgan fingerprint density at radius 3 is 2.75 bits per heavy atom. The second kappa shape index (κ2) is 2.90. The quantitative estimate of drug-likeness (QED) is 0.548. The van der Waals surface area contributed by atoms with Crippen LogP contribution >= 0.6 is 0 Å². The highest BCUT2D eigenvalue weighted by Gasteiger charge is 2.51. The minimum atomic E-state index is 0.977. The van der Waals surface area contributed by atoms with Crippen molar-refractivity contribution < 1.29 is 0 Å². The van der Waals surface area contributed by atoms with Gasteiger partial charge in [-0.15, -0.1) is 6.58 Å². The van der Waals surface area contributed by atoms with Gasteiger partial charge < -0.3 is 0 Å². The first-order valence-electron chi connectivity index (χ1n) is 5.36. The molecule has 12 heavy (non-hydrogen) atoms. The first-order valence-corrected chi connectivity index (χ1v) is 5.36. The zero-order valence-electron chi connectivity index (χ0n) is 8.29. The van der Waals surface area contributed by atoms with Crippen LogP contribution in [0.25, 0.3) is 0 Å². The van der Waals surface area contributed by atoms with Crippen LogP contribution in [0, 0.1) is 29.6 Å². The molecule has 0 heterocycles. The summed E-state index contributed by atoms with van der Waals surface area (Å²) in [5, 5.41) is 0. The van der Waals surface area contributed by atoms with Crippen molar-refractivity contribution in [1.29, 1.82) is 0 Å². The normalized spacial score (nSPS) is 51.3. The van der Waals surface area contributed by atoms with Gasteiger partial charge in [-0.3, -0.25) is 0 Å². The monoisotopic (exact) mass is 164 g/mol. The Morgan fingerprint density at radius 1 is 1.33 bits per heavy atom. The summed E-state index contributed by atoms with van der Waals surface area (Å²) >= 11 is 0. The van der Waals surface area contributed by atoms with Crippen LogP contribution in [0.1, 0.15) is 33.1 Å². The number of hydrogen-bond acceptors (Lipinski definition) is 0. The van der Waals surface area contributed by atoms with Crippen LogP contribution in [0.3, 0.4) is 0 Å². The molecule has 0 amide bonds.